The fraction of sp³-hybridized carbons (Fsp3) is 0.698. The van der Waals surface area contributed by atoms with Crippen molar-refractivity contribution < 1.29 is 9.53 Å². The molecule has 0 bridgehead atoms. The summed E-state index contributed by atoms with van der Waals surface area (Å²) in [5, 5.41) is 0. The summed E-state index contributed by atoms with van der Waals surface area (Å²) < 4.78 is 6.17. The van der Waals surface area contributed by atoms with E-state index in [2.05, 4.69) is 145 Å². The normalized spacial score (nSPS) is 27.7. The molecule has 0 saturated heterocycles. The van der Waals surface area contributed by atoms with E-state index in [1.54, 1.807) is 5.57 Å². The summed E-state index contributed by atoms with van der Waals surface area (Å²) in [4.78, 5) is 12.9. The molecule has 3 saturated carbocycles. The molecule has 8 atom stereocenters. The molecule has 0 aliphatic heterocycles. The minimum Gasteiger partial charge on any atom is -0.462 e. The van der Waals surface area contributed by atoms with Gasteiger partial charge in [-0.1, -0.05) is 208 Å². The number of hydrogen-bond donors (Lipinski definition) is 0. The molecule has 4 aliphatic carbocycles. The van der Waals surface area contributed by atoms with Gasteiger partial charge in [0, 0.05) is 12.8 Å². The Morgan fingerprint density at radius 3 is 1.68 bits per heavy atom. The number of hydrogen-bond acceptors (Lipinski definition) is 2. The lowest BCUT2D eigenvalue weighted by atomic mass is 9.47. The molecule has 0 aromatic heterocycles. The van der Waals surface area contributed by atoms with Gasteiger partial charge in [0.1, 0.15) is 6.10 Å². The molecule has 0 amide bonds. The minimum absolute atomic E-state index is 0.0502. The van der Waals surface area contributed by atoms with Gasteiger partial charge in [-0.15, -0.1) is 0 Å². The Balaban J connectivity index is 0.940. The number of ether oxygens (including phenoxy) is 1. The van der Waals surface area contributed by atoms with Crippen molar-refractivity contribution in [2.24, 2.45) is 46.3 Å². The summed E-state index contributed by atoms with van der Waals surface area (Å²) in [5.74, 6) is 5.26. The van der Waals surface area contributed by atoms with Crippen molar-refractivity contribution >= 4 is 5.97 Å². The molecular weight excluding hydrogens is 789 g/mol. The second-order valence-electron chi connectivity index (χ2n) is 21.8. The van der Waals surface area contributed by atoms with Gasteiger partial charge in [-0.05, 0) is 162 Å². The van der Waals surface area contributed by atoms with Gasteiger partial charge in [-0.2, -0.15) is 0 Å². The van der Waals surface area contributed by atoms with Gasteiger partial charge in [-0.25, -0.2) is 0 Å². The number of fused-ring (bicyclic) bond motifs is 5. The Hall–Kier alpha value is -2.87. The van der Waals surface area contributed by atoms with Crippen LogP contribution in [0.4, 0.5) is 0 Å². The molecule has 2 nitrogen and oxygen atoms in total. The highest BCUT2D eigenvalue weighted by Crippen LogP contribution is 2.67. The van der Waals surface area contributed by atoms with E-state index in [9.17, 15) is 4.79 Å². The molecular formula is C63H100O2. The zero-order chi connectivity index (χ0) is 46.4. The van der Waals surface area contributed by atoms with Crippen LogP contribution in [0.5, 0.6) is 0 Å². The lowest BCUT2D eigenvalue weighted by Gasteiger charge is -2.58. The van der Waals surface area contributed by atoms with Gasteiger partial charge in [0.2, 0.25) is 0 Å². The number of unbranched alkanes of at least 4 members (excludes halogenated alkanes) is 8. The maximum absolute atomic E-state index is 12.9. The van der Waals surface area contributed by atoms with Crippen molar-refractivity contribution in [3.05, 3.63) is 109 Å². The van der Waals surface area contributed by atoms with Crippen molar-refractivity contribution in [3.63, 3.8) is 0 Å². The first-order valence-corrected chi connectivity index (χ1v) is 27.8. The van der Waals surface area contributed by atoms with Crippen LogP contribution in [0.1, 0.15) is 228 Å². The van der Waals surface area contributed by atoms with Crippen molar-refractivity contribution in [2.75, 3.05) is 0 Å². The molecule has 4 rings (SSSR count). The van der Waals surface area contributed by atoms with E-state index in [0.717, 1.165) is 113 Å². The van der Waals surface area contributed by atoms with Crippen molar-refractivity contribution in [1.29, 1.82) is 0 Å². The highest BCUT2D eigenvalue weighted by Gasteiger charge is 2.59. The Labute approximate surface area is 402 Å². The lowest BCUT2D eigenvalue weighted by molar-refractivity contribution is -0.151. The molecule has 0 aromatic rings. The topological polar surface area (TPSA) is 26.3 Å². The predicted molar refractivity (Wildman–Crippen MR) is 285 cm³/mol. The highest BCUT2D eigenvalue weighted by atomic mass is 16.5. The molecule has 0 N–H and O–H groups in total. The summed E-state index contributed by atoms with van der Waals surface area (Å²) in [6.07, 6.45) is 73.5. The molecule has 65 heavy (non-hydrogen) atoms. The smallest absolute Gasteiger partial charge is 0.306 e. The van der Waals surface area contributed by atoms with Gasteiger partial charge >= 0.3 is 5.97 Å². The van der Waals surface area contributed by atoms with E-state index in [-0.39, 0.29) is 12.1 Å². The van der Waals surface area contributed by atoms with E-state index in [1.165, 1.54) is 103 Å². The average molecular weight is 889 g/mol. The van der Waals surface area contributed by atoms with Crippen LogP contribution in [0, 0.1) is 46.3 Å². The summed E-state index contributed by atoms with van der Waals surface area (Å²) >= 11 is 0. The molecule has 4 aliphatic rings. The number of rotatable bonds is 32. The average Bonchev–Trinajstić information content (AvgIpc) is 3.65. The zero-order valence-electron chi connectivity index (χ0n) is 43.2. The standard InChI is InChI=1S/C63H100O2/c1-7-8-9-10-11-12-13-14-15-16-17-18-19-20-21-22-23-24-25-26-27-28-29-30-31-32-33-34-35-36-37-38-39-43-61(64)65-56-48-50-62(5)55(52-56)44-45-57-59-47-46-58(54(4)42-40-41-53(2)3)63(59,6)51-49-60(57)62/h8-9,11-12,14-15,17-18,20-21,23-24,26-27,29-30,44,53-54,56-60H,7,10,13,16,19,22,25,28,31-43,45-52H2,1-6H3/b9-8-,12-11-,15-14-,18-17-,21-20-,24-23-,27-26-,30-29-. The largest absolute Gasteiger partial charge is 0.462 e. The summed E-state index contributed by atoms with van der Waals surface area (Å²) in [7, 11) is 0. The first kappa shape index (κ1) is 54.7. The third-order valence-corrected chi connectivity index (χ3v) is 16.5. The highest BCUT2D eigenvalue weighted by molar-refractivity contribution is 5.69. The molecule has 0 heterocycles. The fourth-order valence-electron chi connectivity index (χ4n) is 12.8. The summed E-state index contributed by atoms with van der Waals surface area (Å²) in [6, 6.07) is 0. The molecule has 0 aromatic carbocycles. The van der Waals surface area contributed by atoms with Crippen molar-refractivity contribution in [3.8, 4) is 0 Å². The number of carbonyl (C=O) groups excluding carboxylic acids is 1. The van der Waals surface area contributed by atoms with Crippen LogP contribution in [0.15, 0.2) is 109 Å². The maximum Gasteiger partial charge on any atom is 0.306 e. The van der Waals surface area contributed by atoms with Gasteiger partial charge in [-0.3, -0.25) is 4.79 Å². The summed E-state index contributed by atoms with van der Waals surface area (Å²) in [6.45, 7) is 14.8. The second kappa shape index (κ2) is 32.0. The number of carbonyl (C=O) groups is 1. The first-order chi connectivity index (χ1) is 31.7. The van der Waals surface area contributed by atoms with Crippen LogP contribution in [-0.4, -0.2) is 12.1 Å². The van der Waals surface area contributed by atoms with Crippen LogP contribution < -0.4 is 0 Å². The Morgan fingerprint density at radius 1 is 0.600 bits per heavy atom. The lowest BCUT2D eigenvalue weighted by Crippen LogP contribution is -2.51. The molecule has 0 spiro atoms. The predicted octanol–water partition coefficient (Wildman–Crippen LogP) is 19.4. The van der Waals surface area contributed by atoms with Crippen molar-refractivity contribution in [1.82, 2.24) is 0 Å². The third kappa shape index (κ3) is 19.7. The van der Waals surface area contributed by atoms with Crippen LogP contribution >= 0.6 is 0 Å². The maximum atomic E-state index is 12.9. The Morgan fingerprint density at radius 2 is 1.12 bits per heavy atom. The minimum atomic E-state index is 0.0502. The number of allylic oxidation sites excluding steroid dienone is 17. The number of esters is 1. The Bertz CT molecular complexity index is 1580. The van der Waals surface area contributed by atoms with E-state index in [1.807, 2.05) is 0 Å². The van der Waals surface area contributed by atoms with Gasteiger partial charge < -0.3 is 4.74 Å². The SMILES string of the molecule is CC/C=C\C/C=C\C/C=C\C/C=C\C/C=C\C/C=C\C/C=C\C/C=C\CCCCCCCCCCC(=O)OC1CCC2(C)C(=CCC3C2CCC2(C)C(C(C)CCCC(C)C)CCC32)C1. The van der Waals surface area contributed by atoms with Crippen molar-refractivity contribution in [2.45, 2.75) is 234 Å². The quantitative estimate of drug-likeness (QED) is 0.0382. The van der Waals surface area contributed by atoms with E-state index >= 15 is 0 Å². The molecule has 8 unspecified atom stereocenters. The Kier molecular flexibility index (Phi) is 26.9. The van der Waals surface area contributed by atoms with E-state index < -0.39 is 0 Å². The molecule has 0 radical (unpaired) electrons. The van der Waals surface area contributed by atoms with Crippen LogP contribution in [-0.2, 0) is 9.53 Å². The van der Waals surface area contributed by atoms with E-state index in [0.29, 0.717) is 17.3 Å². The zero-order valence-corrected chi connectivity index (χ0v) is 43.2. The van der Waals surface area contributed by atoms with Crippen LogP contribution in [0.3, 0.4) is 0 Å². The van der Waals surface area contributed by atoms with E-state index in [4.69, 9.17) is 4.74 Å². The molecule has 364 valence electrons. The third-order valence-electron chi connectivity index (χ3n) is 16.5. The van der Waals surface area contributed by atoms with Gasteiger partial charge in [0.05, 0.1) is 0 Å². The van der Waals surface area contributed by atoms with Crippen LogP contribution in [0.25, 0.3) is 0 Å². The fourth-order valence-corrected chi connectivity index (χ4v) is 12.8. The summed E-state index contributed by atoms with van der Waals surface area (Å²) in [5.41, 5.74) is 2.50. The molecule has 2 heteroatoms. The monoisotopic (exact) mass is 889 g/mol. The second-order valence-corrected chi connectivity index (χ2v) is 21.8. The molecule has 3 fully saturated rings. The van der Waals surface area contributed by atoms with Crippen LogP contribution in [0.2, 0.25) is 0 Å². The van der Waals surface area contributed by atoms with Gasteiger partial charge in [0.25, 0.3) is 0 Å². The van der Waals surface area contributed by atoms with Gasteiger partial charge in [0.15, 0.2) is 0 Å². The first-order valence-electron chi connectivity index (χ1n) is 27.8.